The van der Waals surface area contributed by atoms with Crippen LogP contribution in [0.3, 0.4) is 0 Å². The van der Waals surface area contributed by atoms with Crippen molar-refractivity contribution in [1.82, 2.24) is 0 Å². The lowest BCUT2D eigenvalue weighted by molar-refractivity contribution is -0.384. The van der Waals surface area contributed by atoms with E-state index in [1.165, 1.54) is 30.3 Å². The number of benzene rings is 2. The van der Waals surface area contributed by atoms with Crippen molar-refractivity contribution in [2.75, 3.05) is 13.2 Å². The predicted molar refractivity (Wildman–Crippen MR) is 86.9 cm³/mol. The van der Waals surface area contributed by atoms with Crippen molar-refractivity contribution in [2.24, 2.45) is 0 Å². The Hall–Kier alpha value is -2.68. The fraction of sp³-hybridized carbons (Fsp3) is 0.333. The highest BCUT2D eigenvalue weighted by Crippen LogP contribution is 2.40. The topological polar surface area (TPSA) is 61.6 Å². The number of rotatable bonds is 4. The number of nitro groups is 1. The van der Waals surface area contributed by atoms with Gasteiger partial charge >= 0.3 is 6.18 Å². The molecule has 0 aliphatic carbocycles. The van der Waals surface area contributed by atoms with E-state index in [2.05, 4.69) is 0 Å². The Morgan fingerprint density at radius 2 is 1.70 bits per heavy atom. The molecule has 0 amide bonds. The van der Waals surface area contributed by atoms with Crippen molar-refractivity contribution in [3.8, 4) is 5.75 Å². The Bertz CT molecular complexity index is 830. The van der Waals surface area contributed by atoms with Crippen LogP contribution in [0, 0.1) is 15.9 Å². The molecule has 0 atom stereocenters. The number of non-ortho nitro benzene ring substituents is 1. The number of nitro benzene ring substituents is 1. The van der Waals surface area contributed by atoms with Gasteiger partial charge in [0.25, 0.3) is 5.69 Å². The third-order valence-corrected chi connectivity index (χ3v) is 4.46. The van der Waals surface area contributed by atoms with E-state index in [0.29, 0.717) is 24.7 Å². The Balaban J connectivity index is 1.95. The molecule has 5 nitrogen and oxygen atoms in total. The summed E-state index contributed by atoms with van der Waals surface area (Å²) < 4.78 is 63.8. The van der Waals surface area contributed by atoms with Gasteiger partial charge in [0.15, 0.2) is 0 Å². The van der Waals surface area contributed by atoms with Gasteiger partial charge in [-0.25, -0.2) is 4.39 Å². The molecule has 0 N–H and O–H groups in total. The van der Waals surface area contributed by atoms with Crippen LogP contribution in [0.25, 0.3) is 0 Å². The second-order valence-electron chi connectivity index (χ2n) is 6.15. The molecule has 1 fully saturated rings. The van der Waals surface area contributed by atoms with Crippen molar-refractivity contribution in [3.05, 3.63) is 69.5 Å². The molecule has 1 aliphatic rings. The van der Waals surface area contributed by atoms with Crippen LogP contribution in [0.5, 0.6) is 5.75 Å². The summed E-state index contributed by atoms with van der Waals surface area (Å²) in [5, 5.41) is 10.8. The molecule has 0 spiro atoms. The van der Waals surface area contributed by atoms with E-state index in [-0.39, 0.29) is 24.5 Å². The molecule has 27 heavy (non-hydrogen) atoms. The van der Waals surface area contributed by atoms with Crippen LogP contribution in [0.15, 0.2) is 42.5 Å². The van der Waals surface area contributed by atoms with Crippen molar-refractivity contribution in [2.45, 2.75) is 24.6 Å². The van der Waals surface area contributed by atoms with Gasteiger partial charge in [0.2, 0.25) is 0 Å². The van der Waals surface area contributed by atoms with Crippen molar-refractivity contribution >= 4 is 5.69 Å². The van der Waals surface area contributed by atoms with Gasteiger partial charge in [-0.1, -0.05) is 6.07 Å². The average molecular weight is 385 g/mol. The smallest absolute Gasteiger partial charge is 0.419 e. The van der Waals surface area contributed by atoms with Crippen LogP contribution in [-0.4, -0.2) is 18.1 Å². The molecular formula is C18H15F4NO4. The van der Waals surface area contributed by atoms with Gasteiger partial charge in [-0.2, -0.15) is 13.2 Å². The summed E-state index contributed by atoms with van der Waals surface area (Å²) in [7, 11) is 0. The second-order valence-corrected chi connectivity index (χ2v) is 6.15. The van der Waals surface area contributed by atoms with Crippen LogP contribution in [-0.2, 0) is 16.5 Å². The zero-order valence-corrected chi connectivity index (χ0v) is 14.0. The second kappa shape index (κ2) is 7.15. The van der Waals surface area contributed by atoms with Gasteiger partial charge in [0.1, 0.15) is 17.2 Å². The summed E-state index contributed by atoms with van der Waals surface area (Å²) in [6, 6.07) is 8.04. The normalized spacial score (nSPS) is 16.7. The maximum Gasteiger partial charge on any atom is 0.419 e. The molecule has 1 saturated heterocycles. The zero-order chi connectivity index (χ0) is 19.7. The molecule has 2 aromatic rings. The van der Waals surface area contributed by atoms with Crippen LogP contribution in [0.2, 0.25) is 0 Å². The van der Waals surface area contributed by atoms with Crippen LogP contribution in [0.4, 0.5) is 23.2 Å². The van der Waals surface area contributed by atoms with E-state index in [9.17, 15) is 27.7 Å². The van der Waals surface area contributed by atoms with E-state index < -0.39 is 28.1 Å². The van der Waals surface area contributed by atoms with E-state index in [0.717, 1.165) is 6.07 Å². The van der Waals surface area contributed by atoms with E-state index in [4.69, 9.17) is 9.47 Å². The SMILES string of the molecule is O=[N+]([O-])c1ccc(OC2(c3ccc(C(F)(F)F)c(F)c3)CCOCC2)cc1. The maximum atomic E-state index is 14.1. The largest absolute Gasteiger partial charge is 0.482 e. The minimum Gasteiger partial charge on any atom is -0.482 e. The summed E-state index contributed by atoms with van der Waals surface area (Å²) in [4.78, 5) is 10.2. The summed E-state index contributed by atoms with van der Waals surface area (Å²) in [5.41, 5.74) is -2.29. The number of alkyl halides is 3. The van der Waals surface area contributed by atoms with Gasteiger partial charge < -0.3 is 9.47 Å². The minimum absolute atomic E-state index is 0.121. The fourth-order valence-electron chi connectivity index (χ4n) is 3.04. The summed E-state index contributed by atoms with van der Waals surface area (Å²) in [6.45, 7) is 0.575. The Morgan fingerprint density at radius 3 is 2.22 bits per heavy atom. The molecule has 0 aromatic heterocycles. The molecule has 3 rings (SSSR count). The lowest BCUT2D eigenvalue weighted by Crippen LogP contribution is -2.39. The number of halogens is 4. The fourth-order valence-corrected chi connectivity index (χ4v) is 3.04. The number of hydrogen-bond donors (Lipinski definition) is 0. The highest BCUT2D eigenvalue weighted by atomic mass is 19.4. The first-order valence-corrected chi connectivity index (χ1v) is 8.10. The summed E-state index contributed by atoms with van der Waals surface area (Å²) in [6.07, 6.45) is -4.19. The van der Waals surface area contributed by atoms with Gasteiger partial charge in [0, 0.05) is 25.0 Å². The molecule has 2 aromatic carbocycles. The maximum absolute atomic E-state index is 14.1. The Morgan fingerprint density at radius 1 is 1.07 bits per heavy atom. The monoisotopic (exact) mass is 385 g/mol. The van der Waals surface area contributed by atoms with Gasteiger partial charge in [-0.05, 0) is 29.8 Å². The van der Waals surface area contributed by atoms with E-state index >= 15 is 0 Å². The number of ether oxygens (including phenoxy) is 2. The molecular weight excluding hydrogens is 370 g/mol. The van der Waals surface area contributed by atoms with E-state index in [1.54, 1.807) is 0 Å². The highest BCUT2D eigenvalue weighted by molar-refractivity contribution is 5.38. The minimum atomic E-state index is -4.79. The van der Waals surface area contributed by atoms with Crippen LogP contribution < -0.4 is 4.74 Å². The van der Waals surface area contributed by atoms with Gasteiger partial charge in [0.05, 0.1) is 23.7 Å². The van der Waals surface area contributed by atoms with E-state index in [1.807, 2.05) is 0 Å². The first-order valence-electron chi connectivity index (χ1n) is 8.10. The third-order valence-electron chi connectivity index (χ3n) is 4.46. The zero-order valence-electron chi connectivity index (χ0n) is 14.0. The first-order chi connectivity index (χ1) is 12.7. The lowest BCUT2D eigenvalue weighted by Gasteiger charge is -2.38. The third kappa shape index (κ3) is 4.02. The summed E-state index contributed by atoms with van der Waals surface area (Å²) >= 11 is 0. The quantitative estimate of drug-likeness (QED) is 0.429. The van der Waals surface area contributed by atoms with Crippen LogP contribution in [0.1, 0.15) is 24.0 Å². The van der Waals surface area contributed by atoms with Gasteiger partial charge in [-0.3, -0.25) is 10.1 Å². The first kappa shape index (κ1) is 19.1. The number of nitrogens with zero attached hydrogens (tertiary/aromatic N) is 1. The molecule has 1 heterocycles. The molecule has 9 heteroatoms. The van der Waals surface area contributed by atoms with Crippen molar-refractivity contribution < 1.29 is 32.0 Å². The molecule has 0 saturated carbocycles. The molecule has 0 bridgehead atoms. The Kier molecular flexibility index (Phi) is 5.05. The number of hydrogen-bond acceptors (Lipinski definition) is 4. The van der Waals surface area contributed by atoms with Crippen molar-refractivity contribution in [1.29, 1.82) is 0 Å². The predicted octanol–water partition coefficient (Wildman–Crippen LogP) is 4.84. The van der Waals surface area contributed by atoms with Crippen molar-refractivity contribution in [3.63, 3.8) is 0 Å². The lowest BCUT2D eigenvalue weighted by atomic mass is 9.85. The standard InChI is InChI=1S/C18H15F4NO4/c19-16-11-12(1-6-15(16)18(20,21)22)17(7-9-26-10-8-17)27-14-4-2-13(3-5-14)23(24)25/h1-6,11H,7-10H2. The molecule has 1 aliphatic heterocycles. The summed E-state index contributed by atoms with van der Waals surface area (Å²) in [5.74, 6) is -1.08. The molecule has 0 unspecified atom stereocenters. The average Bonchev–Trinajstić information content (AvgIpc) is 2.62. The highest BCUT2D eigenvalue weighted by Gasteiger charge is 2.40. The van der Waals surface area contributed by atoms with Gasteiger partial charge in [-0.15, -0.1) is 0 Å². The molecule has 144 valence electrons. The Labute approximate surface area is 151 Å². The molecule has 0 radical (unpaired) electrons. The van der Waals surface area contributed by atoms with Crippen LogP contribution >= 0.6 is 0 Å².